The first-order chi connectivity index (χ1) is 39.7. The van der Waals surface area contributed by atoms with Crippen LogP contribution in [0.3, 0.4) is 0 Å². The SMILES string of the molecule is C=C(CN(C)C(=O)[C@H](CC)NC(=O)[C@H]([C@H](C)[C@H](C)C/C=C/C)N(C)C(=O)[C@H](C(C)C)N(C)C(=O)[C@H](CC(C)C)N(C)C(=O)[C@H](CC(C)C)N(C)C(=O)[C@@H](C)NC(=O)[C@H](C)NC(=O)[C@H](CC(C)C)N(C)C(=O)[C@@H](NC(=O)[C@@H](NC)C(C)C)C(C)C)OO. The van der Waals surface area contributed by atoms with Crippen molar-refractivity contribution in [1.29, 1.82) is 0 Å². The molecule has 0 unspecified atom stereocenters. The topological polar surface area (TPSA) is 280 Å². The van der Waals surface area contributed by atoms with Gasteiger partial charge in [-0.25, -0.2) is 5.26 Å². The number of rotatable bonds is 37. The van der Waals surface area contributed by atoms with E-state index in [0.717, 1.165) is 0 Å². The molecule has 494 valence electrons. The van der Waals surface area contributed by atoms with Gasteiger partial charge < -0.3 is 60.9 Å². The molecule has 0 aliphatic carbocycles. The summed E-state index contributed by atoms with van der Waals surface area (Å²) in [5, 5.41) is 23.2. The summed E-state index contributed by atoms with van der Waals surface area (Å²) >= 11 is 0. The van der Waals surface area contributed by atoms with Gasteiger partial charge in [-0.1, -0.05) is 123 Å². The molecule has 0 radical (unpaired) electrons. The maximum Gasteiger partial charge on any atom is 0.246 e. The predicted molar refractivity (Wildman–Crippen MR) is 336 cm³/mol. The minimum absolute atomic E-state index is 0.0546. The van der Waals surface area contributed by atoms with Gasteiger partial charge in [0.05, 0.1) is 12.6 Å². The Bertz CT molecular complexity index is 2290. The lowest BCUT2D eigenvalue weighted by Gasteiger charge is -2.42. The average molecular weight is 1220 g/mol. The van der Waals surface area contributed by atoms with Crippen molar-refractivity contribution < 1.29 is 58.1 Å². The van der Waals surface area contributed by atoms with Gasteiger partial charge in [0.25, 0.3) is 0 Å². The highest BCUT2D eigenvalue weighted by Crippen LogP contribution is 2.27. The van der Waals surface area contributed by atoms with Crippen molar-refractivity contribution in [2.24, 2.45) is 47.3 Å². The molecule has 0 bridgehead atoms. The van der Waals surface area contributed by atoms with E-state index in [1.165, 1.54) is 85.5 Å². The first-order valence-corrected chi connectivity index (χ1v) is 30.8. The number of hydrogen-bond acceptors (Lipinski definition) is 13. The molecule has 0 aliphatic heterocycles. The molecule has 86 heavy (non-hydrogen) atoms. The fourth-order valence-corrected chi connectivity index (χ4v) is 10.6. The lowest BCUT2D eigenvalue weighted by atomic mass is 9.84. The monoisotopic (exact) mass is 1220 g/mol. The van der Waals surface area contributed by atoms with Crippen molar-refractivity contribution in [1.82, 2.24) is 56.0 Å². The van der Waals surface area contributed by atoms with Crippen LogP contribution in [0, 0.1) is 47.3 Å². The van der Waals surface area contributed by atoms with Gasteiger partial charge in [0.2, 0.25) is 59.1 Å². The molecule has 0 aromatic carbocycles. The minimum atomic E-state index is -1.20. The van der Waals surface area contributed by atoms with E-state index < -0.39 is 125 Å². The van der Waals surface area contributed by atoms with Crippen molar-refractivity contribution in [2.45, 2.75) is 217 Å². The Balaban J connectivity index is 6.99. The fourth-order valence-electron chi connectivity index (χ4n) is 10.6. The Hall–Kier alpha value is -6.10. The van der Waals surface area contributed by atoms with Crippen LogP contribution in [0.4, 0.5) is 0 Å². The fraction of sp³-hybridized carbons (Fsp3) is 0.778. The summed E-state index contributed by atoms with van der Waals surface area (Å²) in [7, 11) is 10.6. The predicted octanol–water partition coefficient (Wildman–Crippen LogP) is 4.90. The Morgan fingerprint density at radius 1 is 0.488 bits per heavy atom. The van der Waals surface area contributed by atoms with Crippen LogP contribution < -0.4 is 26.6 Å². The van der Waals surface area contributed by atoms with Crippen LogP contribution in [0.25, 0.3) is 0 Å². The van der Waals surface area contributed by atoms with E-state index in [1.54, 1.807) is 41.7 Å². The highest BCUT2D eigenvalue weighted by atomic mass is 17.1. The van der Waals surface area contributed by atoms with Crippen LogP contribution in [-0.2, 0) is 52.8 Å². The van der Waals surface area contributed by atoms with Crippen molar-refractivity contribution in [2.75, 3.05) is 55.9 Å². The number of nitrogens with zero attached hydrogens (tertiary/aromatic N) is 6. The third-order valence-electron chi connectivity index (χ3n) is 16.1. The van der Waals surface area contributed by atoms with Gasteiger partial charge in [0.1, 0.15) is 54.4 Å². The van der Waals surface area contributed by atoms with Gasteiger partial charge in [0, 0.05) is 42.3 Å². The molecule has 10 amide bonds. The van der Waals surface area contributed by atoms with E-state index in [-0.39, 0.29) is 79.4 Å². The van der Waals surface area contributed by atoms with Crippen molar-refractivity contribution in [3.8, 4) is 0 Å². The Labute approximate surface area is 516 Å². The zero-order valence-electron chi connectivity index (χ0n) is 57.1. The maximum absolute atomic E-state index is 15.1. The molecule has 0 fully saturated rings. The molecular weight excluding hydrogens is 1100 g/mol. The highest BCUT2D eigenvalue weighted by molar-refractivity contribution is 5.98. The second-order valence-electron chi connectivity index (χ2n) is 26.0. The third kappa shape index (κ3) is 23.5. The summed E-state index contributed by atoms with van der Waals surface area (Å²) in [5.74, 6) is -7.32. The number of hydrogen-bond donors (Lipinski definition) is 6. The largest absolute Gasteiger partial charge is 0.343 e. The second-order valence-corrected chi connectivity index (χ2v) is 26.0. The van der Waals surface area contributed by atoms with Crippen LogP contribution >= 0.6 is 0 Å². The number of carbonyl (C=O) groups is 10. The molecule has 12 atom stereocenters. The number of nitrogens with one attached hydrogen (secondary N) is 5. The van der Waals surface area contributed by atoms with E-state index in [0.29, 0.717) is 6.42 Å². The first kappa shape index (κ1) is 79.9. The van der Waals surface area contributed by atoms with E-state index >= 15 is 9.59 Å². The summed E-state index contributed by atoms with van der Waals surface area (Å²) in [6, 6.07) is -10.4. The van der Waals surface area contributed by atoms with Gasteiger partial charge in [-0.2, -0.15) is 0 Å². The lowest BCUT2D eigenvalue weighted by molar-refractivity contribution is -0.206. The Morgan fingerprint density at radius 3 is 1.36 bits per heavy atom. The van der Waals surface area contributed by atoms with Gasteiger partial charge in [-0.05, 0) is 107 Å². The lowest BCUT2D eigenvalue weighted by Crippen LogP contribution is -2.62. The second kappa shape index (κ2) is 37.6. The van der Waals surface area contributed by atoms with Gasteiger partial charge >= 0.3 is 0 Å². The Kier molecular flexibility index (Phi) is 34.9. The van der Waals surface area contributed by atoms with Crippen molar-refractivity contribution in [3.05, 3.63) is 24.5 Å². The summed E-state index contributed by atoms with van der Waals surface area (Å²) in [4.78, 5) is 155. The zero-order chi connectivity index (χ0) is 67.1. The molecule has 23 heteroatoms. The van der Waals surface area contributed by atoms with Gasteiger partial charge in [-0.3, -0.25) is 47.9 Å². The van der Waals surface area contributed by atoms with Crippen LogP contribution in [0.15, 0.2) is 24.5 Å². The molecule has 0 aromatic rings. The number of likely N-dealkylation sites (N-methyl/N-ethyl adjacent to an activating group) is 7. The van der Waals surface area contributed by atoms with Crippen molar-refractivity contribution in [3.63, 3.8) is 0 Å². The van der Waals surface area contributed by atoms with E-state index in [1.807, 2.05) is 88.3 Å². The first-order valence-electron chi connectivity index (χ1n) is 30.8. The number of amides is 10. The average Bonchev–Trinajstić information content (AvgIpc) is 3.55. The van der Waals surface area contributed by atoms with Crippen molar-refractivity contribution >= 4 is 59.1 Å². The molecule has 0 spiro atoms. The van der Waals surface area contributed by atoms with Crippen LogP contribution in [-0.4, -0.2) is 210 Å². The van der Waals surface area contributed by atoms with Gasteiger partial charge in [-0.15, -0.1) is 0 Å². The normalized spacial score (nSPS) is 16.0. The van der Waals surface area contributed by atoms with Crippen LogP contribution in [0.1, 0.15) is 157 Å². The standard InChI is InChI=1S/C63H115N11O12/c1-27-29-30-41(15)43(17)53(57(78)67-46(28-2)59(80)69(21)34-42(16)86-85)74(26)63(84)52(40(13)14)73(25)61(82)49(33-37(7)8)72(24)60(81)48(32-36(5)6)71(23)58(79)45(19)66-54(75)44(18)65-55(76)47(31-35(3)4)70(22)62(83)51(39(11)12)68-56(77)50(64-20)38(9)10/h27,29,35-41,43-53,64,85H,16,28,30-34H2,1-15,17-26H3,(H,65,76)(H,66,75)(H,67,78)(H,68,77)/b29-27+/t41-,43-,44+,45-,46+,47+,48+,49+,50+,51+,52+,53+/m1/s1. The molecule has 0 aliphatic rings. The molecule has 0 heterocycles. The highest BCUT2D eigenvalue weighted by Gasteiger charge is 2.45. The molecular formula is C63H115N11O12. The number of allylic oxidation sites excluding steroid dienone is 2. The van der Waals surface area contributed by atoms with E-state index in [9.17, 15) is 38.4 Å². The molecule has 0 saturated carbocycles. The molecule has 0 aromatic heterocycles. The summed E-state index contributed by atoms with van der Waals surface area (Å²) in [5.41, 5.74) is 0. The summed E-state index contributed by atoms with van der Waals surface area (Å²) < 4.78 is 0. The van der Waals surface area contributed by atoms with E-state index in [4.69, 9.17) is 5.26 Å². The van der Waals surface area contributed by atoms with E-state index in [2.05, 4.69) is 38.1 Å². The van der Waals surface area contributed by atoms with Gasteiger partial charge in [0.15, 0.2) is 5.76 Å². The Morgan fingerprint density at radius 2 is 0.930 bits per heavy atom. The quantitative estimate of drug-likeness (QED) is 0.0209. The molecule has 23 nitrogen and oxygen atoms in total. The smallest absolute Gasteiger partial charge is 0.246 e. The molecule has 0 saturated heterocycles. The summed E-state index contributed by atoms with van der Waals surface area (Å²) in [6.45, 7) is 36.1. The third-order valence-corrected chi connectivity index (χ3v) is 16.1. The minimum Gasteiger partial charge on any atom is -0.343 e. The zero-order valence-corrected chi connectivity index (χ0v) is 57.1. The summed E-state index contributed by atoms with van der Waals surface area (Å²) in [6.07, 6.45) is 5.25. The maximum atomic E-state index is 15.1. The molecule has 0 rings (SSSR count). The van der Waals surface area contributed by atoms with Crippen LogP contribution in [0.2, 0.25) is 0 Å². The molecule has 6 N–H and O–H groups in total. The number of carbonyl (C=O) groups excluding carboxylic acids is 10. The van der Waals surface area contributed by atoms with Crippen LogP contribution in [0.5, 0.6) is 0 Å².